The molecule has 2 aromatic rings. The normalized spacial score (nSPS) is 18.7. The van der Waals surface area contributed by atoms with Gasteiger partial charge in [0.1, 0.15) is 4.36 Å². The lowest BCUT2D eigenvalue weighted by atomic mass is 10.1. The summed E-state index contributed by atoms with van der Waals surface area (Å²) in [5, 5.41) is 4.53. The number of nitrogens with zero attached hydrogens (tertiary/aromatic N) is 2. The molecule has 0 atom stereocenters. The van der Waals surface area contributed by atoms with Crippen molar-refractivity contribution in [3.63, 3.8) is 0 Å². The summed E-state index contributed by atoms with van der Waals surface area (Å²) in [4.78, 5) is 6.71. The van der Waals surface area contributed by atoms with Gasteiger partial charge in [0.2, 0.25) is 0 Å². The third-order valence-electron chi connectivity index (χ3n) is 3.17. The lowest BCUT2D eigenvalue weighted by molar-refractivity contribution is 0.650. The van der Waals surface area contributed by atoms with Crippen LogP contribution in [-0.2, 0) is 0 Å². The van der Waals surface area contributed by atoms with E-state index in [1.165, 1.54) is 15.6 Å². The standard InChI is InChI=1S/C13H9ClN2S2/c14-12-11(16-6-5-15-13(16)18-12)9-7-17-10-4-2-1-3-8(9)10/h1-4,7H,5-6H2. The fraction of sp³-hybridized carbons (Fsp3) is 0.154. The first kappa shape index (κ1) is 10.9. The SMILES string of the molecule is ClC1=C(c2csc3ccccc23)N2CCN=C2S1. The molecule has 0 fully saturated rings. The summed E-state index contributed by atoms with van der Waals surface area (Å²) in [6, 6.07) is 8.46. The second-order valence-electron chi connectivity index (χ2n) is 4.19. The van der Waals surface area contributed by atoms with Crippen LogP contribution < -0.4 is 0 Å². The van der Waals surface area contributed by atoms with Gasteiger partial charge in [-0.25, -0.2) is 0 Å². The second-order valence-corrected chi connectivity index (χ2v) is 6.68. The summed E-state index contributed by atoms with van der Waals surface area (Å²) in [6.07, 6.45) is 0. The largest absolute Gasteiger partial charge is 0.317 e. The molecule has 0 saturated carbocycles. The minimum atomic E-state index is 0.844. The molecular formula is C13H9ClN2S2. The van der Waals surface area contributed by atoms with E-state index in [4.69, 9.17) is 11.6 Å². The van der Waals surface area contributed by atoms with Crippen LogP contribution in [0.4, 0.5) is 0 Å². The molecule has 0 amide bonds. The third kappa shape index (κ3) is 1.46. The van der Waals surface area contributed by atoms with Gasteiger partial charge in [0.25, 0.3) is 0 Å². The molecule has 4 rings (SSSR count). The zero-order chi connectivity index (χ0) is 12.1. The van der Waals surface area contributed by atoms with E-state index in [1.54, 1.807) is 23.1 Å². The average molecular weight is 293 g/mol. The number of thioether (sulfide) groups is 1. The van der Waals surface area contributed by atoms with Gasteiger partial charge in [-0.3, -0.25) is 4.99 Å². The van der Waals surface area contributed by atoms with Crippen LogP contribution in [0.1, 0.15) is 5.56 Å². The van der Waals surface area contributed by atoms with E-state index >= 15 is 0 Å². The smallest absolute Gasteiger partial charge is 0.169 e. The first-order valence-corrected chi connectivity index (χ1v) is 7.78. The lowest BCUT2D eigenvalue weighted by Gasteiger charge is -2.15. The molecule has 2 aliphatic heterocycles. The van der Waals surface area contributed by atoms with E-state index < -0.39 is 0 Å². The van der Waals surface area contributed by atoms with Crippen molar-refractivity contribution in [1.29, 1.82) is 0 Å². The van der Waals surface area contributed by atoms with E-state index in [-0.39, 0.29) is 0 Å². The van der Waals surface area contributed by atoms with E-state index in [0.717, 1.165) is 28.3 Å². The van der Waals surface area contributed by atoms with Gasteiger partial charge >= 0.3 is 0 Å². The van der Waals surface area contributed by atoms with Crippen LogP contribution >= 0.6 is 34.7 Å². The predicted octanol–water partition coefficient (Wildman–Crippen LogP) is 4.18. The molecule has 90 valence electrons. The Bertz CT molecular complexity index is 702. The number of amidine groups is 1. The average Bonchev–Trinajstić information content (AvgIpc) is 3.03. The molecule has 0 bridgehead atoms. The van der Waals surface area contributed by atoms with E-state index in [1.807, 2.05) is 0 Å². The number of thiophene rings is 1. The van der Waals surface area contributed by atoms with Crippen molar-refractivity contribution in [1.82, 2.24) is 4.90 Å². The minimum Gasteiger partial charge on any atom is -0.317 e. The number of aliphatic imine (C=N–C) groups is 1. The van der Waals surface area contributed by atoms with Gasteiger partial charge in [-0.1, -0.05) is 29.8 Å². The van der Waals surface area contributed by atoms with Crippen LogP contribution in [-0.4, -0.2) is 23.2 Å². The highest BCUT2D eigenvalue weighted by Gasteiger charge is 2.33. The molecule has 1 aromatic heterocycles. The molecule has 0 aliphatic carbocycles. The zero-order valence-corrected chi connectivity index (χ0v) is 11.8. The molecule has 0 spiro atoms. The lowest BCUT2D eigenvalue weighted by Crippen LogP contribution is -2.19. The van der Waals surface area contributed by atoms with Gasteiger partial charge < -0.3 is 4.90 Å². The molecule has 2 aliphatic rings. The summed E-state index contributed by atoms with van der Waals surface area (Å²) >= 11 is 9.74. The van der Waals surface area contributed by atoms with Gasteiger partial charge in [0.15, 0.2) is 5.17 Å². The number of hydrogen-bond acceptors (Lipinski definition) is 4. The maximum Gasteiger partial charge on any atom is 0.169 e. The van der Waals surface area contributed by atoms with E-state index in [0.29, 0.717) is 0 Å². The van der Waals surface area contributed by atoms with Crippen molar-refractivity contribution in [3.8, 4) is 0 Å². The molecular weight excluding hydrogens is 284 g/mol. The number of rotatable bonds is 1. The number of benzene rings is 1. The monoisotopic (exact) mass is 292 g/mol. The molecule has 0 saturated heterocycles. The van der Waals surface area contributed by atoms with Crippen LogP contribution in [0.3, 0.4) is 0 Å². The van der Waals surface area contributed by atoms with Gasteiger partial charge in [0.05, 0.1) is 12.2 Å². The van der Waals surface area contributed by atoms with Crippen LogP contribution in [0.15, 0.2) is 39.0 Å². The van der Waals surface area contributed by atoms with Crippen LogP contribution in [0.2, 0.25) is 0 Å². The fourth-order valence-corrected chi connectivity index (χ4v) is 4.65. The Morgan fingerprint density at radius 3 is 3.11 bits per heavy atom. The van der Waals surface area contributed by atoms with Gasteiger partial charge in [0, 0.05) is 27.6 Å². The second kappa shape index (κ2) is 4.02. The van der Waals surface area contributed by atoms with Gasteiger partial charge in [-0.05, 0) is 17.8 Å². The number of halogens is 1. The summed E-state index contributed by atoms with van der Waals surface area (Å²) in [5.74, 6) is 0. The molecule has 1 aromatic carbocycles. The van der Waals surface area contributed by atoms with E-state index in [2.05, 4.69) is 39.5 Å². The van der Waals surface area contributed by atoms with Gasteiger partial charge in [-0.15, -0.1) is 11.3 Å². The Balaban J connectivity index is 1.93. The topological polar surface area (TPSA) is 15.6 Å². The van der Waals surface area contributed by atoms with Crippen molar-refractivity contribution in [2.24, 2.45) is 4.99 Å². The molecule has 18 heavy (non-hydrogen) atoms. The zero-order valence-electron chi connectivity index (χ0n) is 9.39. The Hall–Kier alpha value is -0.970. The Kier molecular flexibility index (Phi) is 2.43. The molecule has 3 heterocycles. The Morgan fingerprint density at radius 1 is 1.28 bits per heavy atom. The van der Waals surface area contributed by atoms with E-state index in [9.17, 15) is 0 Å². The predicted molar refractivity (Wildman–Crippen MR) is 81.2 cm³/mol. The summed E-state index contributed by atoms with van der Waals surface area (Å²) in [6.45, 7) is 1.82. The summed E-state index contributed by atoms with van der Waals surface area (Å²) < 4.78 is 2.15. The molecule has 5 heteroatoms. The van der Waals surface area contributed by atoms with Crippen molar-refractivity contribution in [3.05, 3.63) is 39.6 Å². The van der Waals surface area contributed by atoms with Crippen molar-refractivity contribution in [2.45, 2.75) is 0 Å². The highest BCUT2D eigenvalue weighted by atomic mass is 35.5. The van der Waals surface area contributed by atoms with Crippen LogP contribution in [0.5, 0.6) is 0 Å². The minimum absolute atomic E-state index is 0.844. The quantitative estimate of drug-likeness (QED) is 0.783. The van der Waals surface area contributed by atoms with Crippen molar-refractivity contribution in [2.75, 3.05) is 13.1 Å². The molecule has 0 radical (unpaired) electrons. The van der Waals surface area contributed by atoms with Crippen molar-refractivity contribution < 1.29 is 0 Å². The van der Waals surface area contributed by atoms with Crippen molar-refractivity contribution >= 4 is 55.7 Å². The number of hydrogen-bond donors (Lipinski definition) is 0. The van der Waals surface area contributed by atoms with Crippen LogP contribution in [0, 0.1) is 0 Å². The summed E-state index contributed by atoms with van der Waals surface area (Å²) in [7, 11) is 0. The highest BCUT2D eigenvalue weighted by Crippen LogP contribution is 2.46. The fourth-order valence-electron chi connectivity index (χ4n) is 2.37. The highest BCUT2D eigenvalue weighted by molar-refractivity contribution is 8.18. The maximum atomic E-state index is 6.40. The third-order valence-corrected chi connectivity index (χ3v) is 5.45. The molecule has 0 N–H and O–H groups in total. The maximum absolute atomic E-state index is 6.40. The number of fused-ring (bicyclic) bond motifs is 2. The Morgan fingerprint density at radius 2 is 2.17 bits per heavy atom. The molecule has 0 unspecified atom stereocenters. The van der Waals surface area contributed by atoms with Crippen LogP contribution in [0.25, 0.3) is 15.8 Å². The first-order valence-electron chi connectivity index (χ1n) is 5.71. The molecule has 2 nitrogen and oxygen atoms in total. The first-order chi connectivity index (χ1) is 8.84. The Labute approximate surface area is 118 Å². The summed E-state index contributed by atoms with van der Waals surface area (Å²) in [5.41, 5.74) is 2.37. The van der Waals surface area contributed by atoms with Gasteiger partial charge in [-0.2, -0.15) is 0 Å².